The van der Waals surface area contributed by atoms with Crippen LogP contribution in [0.3, 0.4) is 0 Å². The van der Waals surface area contributed by atoms with Crippen molar-refractivity contribution in [3.8, 4) is 33.9 Å². The SMILES string of the molecule is COC(=O)N[C@@H](C(=O)N[C@@H](C)c1ncc(-c2cnc(-c3ccc(-c4cnc([C@@H]5CCCN5C(=O)C(OC)c5ccccc5)[nH]4)cc3)nc2)[nH]1)c1ccccc1. The molecule has 0 radical (unpaired) electrons. The van der Waals surface area contributed by atoms with E-state index in [4.69, 9.17) is 9.47 Å². The van der Waals surface area contributed by atoms with Gasteiger partial charge in [-0.2, -0.15) is 0 Å². The standard InChI is InChI=1S/C41H41N9O5/c1-25(46-39(51)34(49-41(53)55-3)27-11-6-4-7-12-27)36-44-24-32(47-36)30-21-42-37(43-22-30)29-18-16-26(17-19-29)31-23-45-38(48-31)33-15-10-20-50(33)40(52)35(54-2)28-13-8-5-9-14-28/h4-9,11-14,16-19,21-25,33-35H,10,15,20H2,1-3H3,(H,44,47)(H,45,48)(H,46,51)(H,49,53)/t25-,33-,34+,35?/m0/s1. The Labute approximate surface area is 317 Å². The molecular formula is C41H41N9O5. The number of methoxy groups -OCH3 is 2. The normalized spacial score (nSPS) is 15.5. The fourth-order valence-electron chi connectivity index (χ4n) is 6.73. The second-order valence-electron chi connectivity index (χ2n) is 13.2. The zero-order valence-corrected chi connectivity index (χ0v) is 30.6. The Morgan fingerprint density at radius 1 is 0.745 bits per heavy atom. The van der Waals surface area contributed by atoms with Crippen LogP contribution in [-0.4, -0.2) is 73.5 Å². The molecule has 3 aromatic heterocycles. The summed E-state index contributed by atoms with van der Waals surface area (Å²) in [6.45, 7) is 2.44. The highest BCUT2D eigenvalue weighted by Crippen LogP contribution is 2.35. The summed E-state index contributed by atoms with van der Waals surface area (Å²) in [7, 11) is 2.81. The Hall–Kier alpha value is -6.67. The van der Waals surface area contributed by atoms with Crippen molar-refractivity contribution in [2.24, 2.45) is 0 Å². The van der Waals surface area contributed by atoms with Gasteiger partial charge in [-0.1, -0.05) is 84.9 Å². The van der Waals surface area contributed by atoms with Gasteiger partial charge in [-0.05, 0) is 36.5 Å². The van der Waals surface area contributed by atoms with E-state index in [0.29, 0.717) is 29.5 Å². The van der Waals surface area contributed by atoms with E-state index >= 15 is 0 Å². The minimum absolute atomic E-state index is 0.0698. The van der Waals surface area contributed by atoms with Crippen LogP contribution in [0.4, 0.5) is 4.79 Å². The Balaban J connectivity index is 0.984. The molecule has 0 spiro atoms. The molecule has 7 rings (SSSR count). The van der Waals surface area contributed by atoms with Crippen molar-refractivity contribution >= 4 is 17.9 Å². The highest BCUT2D eigenvalue weighted by Gasteiger charge is 2.36. The van der Waals surface area contributed by atoms with Gasteiger partial charge in [0, 0.05) is 37.2 Å². The van der Waals surface area contributed by atoms with Gasteiger partial charge in [0.25, 0.3) is 5.91 Å². The number of nitrogens with zero attached hydrogens (tertiary/aromatic N) is 5. The number of benzene rings is 3. The molecule has 4 N–H and O–H groups in total. The van der Waals surface area contributed by atoms with Gasteiger partial charge in [0.15, 0.2) is 11.9 Å². The number of aromatic amines is 2. The van der Waals surface area contributed by atoms with E-state index in [1.54, 1.807) is 63.1 Å². The third-order valence-corrected chi connectivity index (χ3v) is 9.63. The van der Waals surface area contributed by atoms with Crippen molar-refractivity contribution in [2.75, 3.05) is 20.8 Å². The molecule has 1 saturated heterocycles. The summed E-state index contributed by atoms with van der Waals surface area (Å²) in [5, 5.41) is 5.49. The van der Waals surface area contributed by atoms with Crippen LogP contribution in [0.2, 0.25) is 0 Å². The fraction of sp³-hybridized carbons (Fsp3) is 0.244. The molecule has 0 bridgehead atoms. The number of alkyl carbamates (subject to hydrolysis) is 1. The predicted molar refractivity (Wildman–Crippen MR) is 204 cm³/mol. The lowest BCUT2D eigenvalue weighted by molar-refractivity contribution is -0.143. The lowest BCUT2D eigenvalue weighted by Crippen LogP contribution is -2.41. The van der Waals surface area contributed by atoms with Gasteiger partial charge in [0.2, 0.25) is 5.91 Å². The van der Waals surface area contributed by atoms with Crippen molar-refractivity contribution in [1.82, 2.24) is 45.4 Å². The highest BCUT2D eigenvalue weighted by molar-refractivity contribution is 5.87. The first-order valence-corrected chi connectivity index (χ1v) is 17.9. The molecule has 1 aliphatic rings. The molecule has 14 heteroatoms. The van der Waals surface area contributed by atoms with Crippen LogP contribution in [0, 0.1) is 0 Å². The minimum atomic E-state index is -0.951. The summed E-state index contributed by atoms with van der Waals surface area (Å²) in [5.41, 5.74) is 5.47. The molecule has 4 atom stereocenters. The van der Waals surface area contributed by atoms with Gasteiger partial charge in [-0.3, -0.25) is 9.59 Å². The highest BCUT2D eigenvalue weighted by atomic mass is 16.5. The number of amides is 3. The second-order valence-corrected chi connectivity index (χ2v) is 13.2. The molecule has 4 heterocycles. The van der Waals surface area contributed by atoms with Crippen LogP contribution >= 0.6 is 0 Å². The van der Waals surface area contributed by atoms with Crippen LogP contribution in [0.15, 0.2) is 110 Å². The Morgan fingerprint density at radius 2 is 1.38 bits per heavy atom. The van der Waals surface area contributed by atoms with Crippen molar-refractivity contribution in [2.45, 2.75) is 44.0 Å². The van der Waals surface area contributed by atoms with Crippen LogP contribution in [0.1, 0.15) is 66.8 Å². The summed E-state index contributed by atoms with van der Waals surface area (Å²) >= 11 is 0. The molecule has 1 fully saturated rings. The first-order chi connectivity index (χ1) is 26.8. The second kappa shape index (κ2) is 16.6. The number of nitrogens with one attached hydrogen (secondary N) is 4. The first kappa shape index (κ1) is 36.7. The number of likely N-dealkylation sites (tertiary alicyclic amines) is 1. The number of ether oxygens (including phenoxy) is 2. The maximum absolute atomic E-state index is 13.6. The molecule has 3 aromatic carbocycles. The van der Waals surface area contributed by atoms with E-state index < -0.39 is 30.2 Å². The zero-order chi connectivity index (χ0) is 38.3. The minimum Gasteiger partial charge on any atom is -0.453 e. The topological polar surface area (TPSA) is 180 Å². The summed E-state index contributed by atoms with van der Waals surface area (Å²) in [5.74, 6) is 1.34. The molecule has 55 heavy (non-hydrogen) atoms. The number of hydrogen-bond acceptors (Lipinski definition) is 9. The summed E-state index contributed by atoms with van der Waals surface area (Å²) in [6.07, 6.45) is 7.20. The van der Waals surface area contributed by atoms with Crippen molar-refractivity contribution in [1.29, 1.82) is 0 Å². The number of aromatic nitrogens is 6. The van der Waals surface area contributed by atoms with E-state index in [9.17, 15) is 14.4 Å². The van der Waals surface area contributed by atoms with Gasteiger partial charge in [0.05, 0.1) is 43.0 Å². The largest absolute Gasteiger partial charge is 0.453 e. The van der Waals surface area contributed by atoms with E-state index in [1.165, 1.54) is 7.11 Å². The smallest absolute Gasteiger partial charge is 0.407 e. The van der Waals surface area contributed by atoms with E-state index in [-0.39, 0.29) is 11.9 Å². The van der Waals surface area contributed by atoms with E-state index in [0.717, 1.165) is 46.6 Å². The van der Waals surface area contributed by atoms with Gasteiger partial charge in [-0.15, -0.1) is 0 Å². The number of rotatable bonds is 12. The van der Waals surface area contributed by atoms with Crippen molar-refractivity contribution < 1.29 is 23.9 Å². The number of H-pyrrole nitrogens is 2. The van der Waals surface area contributed by atoms with Gasteiger partial charge in [-0.25, -0.2) is 24.7 Å². The monoisotopic (exact) mass is 739 g/mol. The average Bonchev–Trinajstić information content (AvgIpc) is 4.03. The van der Waals surface area contributed by atoms with Gasteiger partial charge in [0.1, 0.15) is 17.7 Å². The van der Waals surface area contributed by atoms with Crippen molar-refractivity contribution in [3.63, 3.8) is 0 Å². The third kappa shape index (κ3) is 8.14. The maximum Gasteiger partial charge on any atom is 0.407 e. The number of carbonyl (C=O) groups is 3. The van der Waals surface area contributed by atoms with E-state index in [1.807, 2.05) is 65.6 Å². The van der Waals surface area contributed by atoms with Gasteiger partial charge >= 0.3 is 6.09 Å². The van der Waals surface area contributed by atoms with Crippen molar-refractivity contribution in [3.05, 3.63) is 132 Å². The van der Waals surface area contributed by atoms with Gasteiger partial charge < -0.3 is 35.0 Å². The van der Waals surface area contributed by atoms with E-state index in [2.05, 4.69) is 40.5 Å². The molecule has 0 aliphatic carbocycles. The summed E-state index contributed by atoms with van der Waals surface area (Å²) in [6, 6.07) is 24.7. The lowest BCUT2D eigenvalue weighted by atomic mass is 10.1. The van der Waals surface area contributed by atoms with Crippen LogP contribution in [0.25, 0.3) is 33.9 Å². The number of hydrogen-bond donors (Lipinski definition) is 4. The Morgan fingerprint density at radius 3 is 2.05 bits per heavy atom. The first-order valence-electron chi connectivity index (χ1n) is 17.9. The zero-order valence-electron chi connectivity index (χ0n) is 30.6. The third-order valence-electron chi connectivity index (χ3n) is 9.63. The molecule has 280 valence electrons. The number of imidazole rings is 2. The predicted octanol–water partition coefficient (Wildman–Crippen LogP) is 6.25. The fourth-order valence-corrected chi connectivity index (χ4v) is 6.73. The molecule has 3 amide bonds. The summed E-state index contributed by atoms with van der Waals surface area (Å²) < 4.78 is 10.4. The van der Waals surface area contributed by atoms with Crippen LogP contribution < -0.4 is 10.6 Å². The lowest BCUT2D eigenvalue weighted by Gasteiger charge is -2.27. The molecule has 1 aliphatic heterocycles. The summed E-state index contributed by atoms with van der Waals surface area (Å²) in [4.78, 5) is 65.7. The average molecular weight is 740 g/mol. The molecule has 0 saturated carbocycles. The molecule has 6 aromatic rings. The molecule has 14 nitrogen and oxygen atoms in total. The quantitative estimate of drug-likeness (QED) is 0.113. The maximum atomic E-state index is 13.6. The number of carbonyl (C=O) groups excluding carboxylic acids is 3. The Bertz CT molecular complexity index is 2220. The van der Waals surface area contributed by atoms with Crippen LogP contribution in [-0.2, 0) is 19.1 Å². The molecule has 1 unspecified atom stereocenters. The van der Waals surface area contributed by atoms with Crippen LogP contribution in [0.5, 0.6) is 0 Å². The molecular weight excluding hydrogens is 699 g/mol. The Kier molecular flexibility index (Phi) is 11.0.